The fourth-order valence-electron chi connectivity index (χ4n) is 2.83. The number of benzene rings is 2. The Bertz CT molecular complexity index is 1090. The highest BCUT2D eigenvalue weighted by atomic mass is 32.1. The molecule has 0 bridgehead atoms. The van der Waals surface area contributed by atoms with Crippen molar-refractivity contribution in [2.75, 3.05) is 5.32 Å². The Hall–Kier alpha value is -3.06. The molecule has 4 aromatic rings. The lowest BCUT2D eigenvalue weighted by atomic mass is 10.2. The molecule has 5 nitrogen and oxygen atoms in total. The second-order valence-corrected chi connectivity index (χ2v) is 6.56. The van der Waals surface area contributed by atoms with Crippen molar-refractivity contribution in [2.24, 2.45) is 0 Å². The number of rotatable bonds is 4. The molecular weight excluding hydrogens is 351 g/mol. The van der Waals surface area contributed by atoms with Crippen LogP contribution < -0.4 is 5.32 Å². The molecule has 0 unspecified atom stereocenters. The van der Waals surface area contributed by atoms with Gasteiger partial charge >= 0.3 is 0 Å². The number of amides is 1. The van der Waals surface area contributed by atoms with Crippen molar-refractivity contribution in [1.29, 1.82) is 0 Å². The summed E-state index contributed by atoms with van der Waals surface area (Å²) >= 11 is 1.47. The van der Waals surface area contributed by atoms with Gasteiger partial charge in [-0.2, -0.15) is 0 Å². The van der Waals surface area contributed by atoms with Crippen LogP contribution in [0.3, 0.4) is 0 Å². The van der Waals surface area contributed by atoms with Crippen LogP contribution >= 0.6 is 11.3 Å². The number of hydrogen-bond donors (Lipinski definition) is 1. The van der Waals surface area contributed by atoms with Crippen molar-refractivity contribution >= 4 is 34.0 Å². The summed E-state index contributed by atoms with van der Waals surface area (Å²) in [4.78, 5) is 21.5. The minimum atomic E-state index is -0.348. The average Bonchev–Trinajstić information content (AvgIpc) is 3.27. The highest BCUT2D eigenvalue weighted by Gasteiger charge is 2.17. The summed E-state index contributed by atoms with van der Waals surface area (Å²) < 4.78 is 15.5. The summed E-state index contributed by atoms with van der Waals surface area (Å²) in [6, 6.07) is 12.2. The fraction of sp³-hybridized carbons (Fsp3) is 0.105. The second-order valence-electron chi connectivity index (χ2n) is 5.84. The molecule has 130 valence electrons. The van der Waals surface area contributed by atoms with Gasteiger partial charge in [-0.3, -0.25) is 4.79 Å². The Morgan fingerprint density at radius 2 is 2.08 bits per heavy atom. The average molecular weight is 366 g/mol. The Morgan fingerprint density at radius 3 is 2.88 bits per heavy atom. The van der Waals surface area contributed by atoms with Gasteiger partial charge in [-0.1, -0.05) is 18.2 Å². The first-order valence-corrected chi connectivity index (χ1v) is 8.96. The Labute approximate surface area is 153 Å². The van der Waals surface area contributed by atoms with E-state index in [4.69, 9.17) is 0 Å². The maximum atomic E-state index is 13.7. The molecule has 2 heterocycles. The van der Waals surface area contributed by atoms with Crippen molar-refractivity contribution in [2.45, 2.75) is 13.5 Å². The number of carbonyl (C=O) groups excluding carboxylic acids is 1. The number of nitrogens with zero attached hydrogens (tertiary/aromatic N) is 3. The SMILES string of the molecule is Cc1c(F)cccc1NC(=O)Cn1c(-c2cscn2)nc2ccccc21. The maximum Gasteiger partial charge on any atom is 0.244 e. The second kappa shape index (κ2) is 6.68. The fourth-order valence-corrected chi connectivity index (χ4v) is 3.36. The number of carbonyl (C=O) groups is 1. The van der Waals surface area contributed by atoms with E-state index in [1.807, 2.05) is 34.2 Å². The largest absolute Gasteiger partial charge is 0.324 e. The van der Waals surface area contributed by atoms with Gasteiger partial charge in [0.2, 0.25) is 5.91 Å². The minimum absolute atomic E-state index is 0.0589. The summed E-state index contributed by atoms with van der Waals surface area (Å²) in [5.74, 6) is 0.0379. The lowest BCUT2D eigenvalue weighted by molar-refractivity contribution is -0.116. The molecule has 0 atom stereocenters. The van der Waals surface area contributed by atoms with Crippen LogP contribution in [0.2, 0.25) is 0 Å². The van der Waals surface area contributed by atoms with Crippen LogP contribution in [0.25, 0.3) is 22.6 Å². The van der Waals surface area contributed by atoms with Crippen molar-refractivity contribution in [1.82, 2.24) is 14.5 Å². The van der Waals surface area contributed by atoms with E-state index >= 15 is 0 Å². The third-order valence-electron chi connectivity index (χ3n) is 4.16. The molecule has 0 aliphatic heterocycles. The molecule has 7 heteroatoms. The molecule has 0 saturated heterocycles. The molecule has 0 aliphatic carbocycles. The number of aromatic nitrogens is 3. The molecule has 2 aromatic heterocycles. The third kappa shape index (κ3) is 2.97. The van der Waals surface area contributed by atoms with Gasteiger partial charge in [-0.05, 0) is 31.2 Å². The molecule has 1 N–H and O–H groups in total. The predicted octanol–water partition coefficient (Wildman–Crippen LogP) is 4.25. The number of hydrogen-bond acceptors (Lipinski definition) is 4. The van der Waals surface area contributed by atoms with E-state index in [1.165, 1.54) is 17.4 Å². The van der Waals surface area contributed by atoms with Crippen LogP contribution in [0.15, 0.2) is 53.4 Å². The topological polar surface area (TPSA) is 59.8 Å². The molecule has 26 heavy (non-hydrogen) atoms. The summed E-state index contributed by atoms with van der Waals surface area (Å²) in [7, 11) is 0. The van der Waals surface area contributed by atoms with Gasteiger partial charge in [0.1, 0.15) is 18.1 Å². The molecule has 0 fully saturated rings. The molecule has 0 spiro atoms. The van der Waals surface area contributed by atoms with E-state index in [9.17, 15) is 9.18 Å². The van der Waals surface area contributed by atoms with E-state index in [0.29, 0.717) is 17.1 Å². The van der Waals surface area contributed by atoms with Crippen molar-refractivity contribution in [3.8, 4) is 11.5 Å². The van der Waals surface area contributed by atoms with E-state index in [-0.39, 0.29) is 18.3 Å². The van der Waals surface area contributed by atoms with Gasteiger partial charge in [0, 0.05) is 16.6 Å². The molecular formula is C19H15FN4OS. The van der Waals surface area contributed by atoms with Crippen LogP contribution in [0, 0.1) is 12.7 Å². The van der Waals surface area contributed by atoms with Crippen molar-refractivity contribution in [3.05, 3.63) is 64.7 Å². The predicted molar refractivity (Wildman–Crippen MR) is 101 cm³/mol. The van der Waals surface area contributed by atoms with Crippen molar-refractivity contribution in [3.63, 3.8) is 0 Å². The lowest BCUT2D eigenvalue weighted by Gasteiger charge is -2.11. The van der Waals surface area contributed by atoms with Crippen LogP contribution in [-0.4, -0.2) is 20.4 Å². The Kier molecular flexibility index (Phi) is 4.22. The molecule has 0 saturated carbocycles. The molecule has 4 rings (SSSR count). The lowest BCUT2D eigenvalue weighted by Crippen LogP contribution is -2.20. The van der Waals surface area contributed by atoms with E-state index in [0.717, 1.165) is 16.7 Å². The maximum absolute atomic E-state index is 13.7. The van der Waals surface area contributed by atoms with Crippen LogP contribution in [-0.2, 0) is 11.3 Å². The normalized spacial score (nSPS) is 11.0. The molecule has 1 amide bonds. The highest BCUT2D eigenvalue weighted by molar-refractivity contribution is 7.07. The van der Waals surface area contributed by atoms with Crippen LogP contribution in [0.4, 0.5) is 10.1 Å². The van der Waals surface area contributed by atoms with E-state index in [1.54, 1.807) is 24.6 Å². The van der Waals surface area contributed by atoms with E-state index in [2.05, 4.69) is 15.3 Å². The third-order valence-corrected chi connectivity index (χ3v) is 4.75. The Morgan fingerprint density at radius 1 is 1.23 bits per heavy atom. The minimum Gasteiger partial charge on any atom is -0.324 e. The number of halogens is 1. The molecule has 0 aliphatic rings. The van der Waals surface area contributed by atoms with E-state index < -0.39 is 0 Å². The number of fused-ring (bicyclic) bond motifs is 1. The number of anilines is 1. The first kappa shape index (κ1) is 16.4. The first-order chi connectivity index (χ1) is 12.6. The van der Waals surface area contributed by atoms with Crippen LogP contribution in [0.1, 0.15) is 5.56 Å². The summed E-state index contributed by atoms with van der Waals surface area (Å²) in [6.07, 6.45) is 0. The smallest absolute Gasteiger partial charge is 0.244 e. The van der Waals surface area contributed by atoms with Crippen molar-refractivity contribution < 1.29 is 9.18 Å². The standard InChI is InChI=1S/C19H15FN4OS/c1-12-13(20)5-4-7-14(12)22-18(25)9-24-17-8-3-2-6-15(17)23-19(24)16-10-26-11-21-16/h2-8,10-11H,9H2,1H3,(H,22,25). The first-order valence-electron chi connectivity index (χ1n) is 8.02. The number of para-hydroxylation sites is 2. The number of nitrogens with one attached hydrogen (secondary N) is 1. The van der Waals surface area contributed by atoms with Gasteiger partial charge in [-0.15, -0.1) is 11.3 Å². The molecule has 0 radical (unpaired) electrons. The monoisotopic (exact) mass is 366 g/mol. The Balaban J connectivity index is 1.69. The zero-order valence-electron chi connectivity index (χ0n) is 13.9. The molecule has 2 aromatic carbocycles. The summed E-state index contributed by atoms with van der Waals surface area (Å²) in [5.41, 5.74) is 4.98. The zero-order chi connectivity index (χ0) is 18.1. The van der Waals surface area contributed by atoms with Gasteiger partial charge < -0.3 is 9.88 Å². The van der Waals surface area contributed by atoms with Gasteiger partial charge in [0.15, 0.2) is 5.82 Å². The van der Waals surface area contributed by atoms with Gasteiger partial charge in [-0.25, -0.2) is 14.4 Å². The number of imidazole rings is 1. The summed E-state index contributed by atoms with van der Waals surface area (Å²) in [6.45, 7) is 1.70. The highest BCUT2D eigenvalue weighted by Crippen LogP contribution is 2.25. The van der Waals surface area contributed by atoms with Gasteiger partial charge in [0.25, 0.3) is 0 Å². The number of thiazole rings is 1. The quantitative estimate of drug-likeness (QED) is 0.587. The zero-order valence-corrected chi connectivity index (χ0v) is 14.8. The van der Waals surface area contributed by atoms with Gasteiger partial charge in [0.05, 0.1) is 16.5 Å². The van der Waals surface area contributed by atoms with Crippen LogP contribution in [0.5, 0.6) is 0 Å². The summed E-state index contributed by atoms with van der Waals surface area (Å²) in [5, 5.41) is 4.68.